The quantitative estimate of drug-likeness (QED) is 0.752. The predicted molar refractivity (Wildman–Crippen MR) is 88.6 cm³/mol. The largest absolute Gasteiger partial charge is 0.481 e. The van der Waals surface area contributed by atoms with Crippen molar-refractivity contribution in [3.05, 3.63) is 35.9 Å². The van der Waals surface area contributed by atoms with Crippen molar-refractivity contribution in [3.63, 3.8) is 0 Å². The summed E-state index contributed by atoms with van der Waals surface area (Å²) in [5.74, 6) is -0.132. The Morgan fingerprint density at radius 3 is 2.65 bits per heavy atom. The second kappa shape index (κ2) is 7.44. The summed E-state index contributed by atoms with van der Waals surface area (Å²) < 4.78 is 0. The van der Waals surface area contributed by atoms with Crippen molar-refractivity contribution < 1.29 is 14.7 Å². The molecule has 0 aliphatic rings. The highest BCUT2D eigenvalue weighted by Crippen LogP contribution is 2.21. The Morgan fingerprint density at radius 2 is 1.96 bits per heavy atom. The third-order valence-corrected chi connectivity index (χ3v) is 3.31. The van der Waals surface area contributed by atoms with Gasteiger partial charge in [-0.05, 0) is 17.7 Å². The minimum atomic E-state index is -0.943. The van der Waals surface area contributed by atoms with Crippen LogP contribution < -0.4 is 15.5 Å². The highest BCUT2D eigenvalue weighted by atomic mass is 16.4. The molecule has 2 aromatic rings. The fourth-order valence-electron chi connectivity index (χ4n) is 2.13. The summed E-state index contributed by atoms with van der Waals surface area (Å²) in [6, 6.07) is 9.28. The number of carbonyl (C=O) groups excluding carboxylic acids is 1. The summed E-state index contributed by atoms with van der Waals surface area (Å²) in [6.45, 7) is 0.435. The fraction of sp³-hybridized carbons (Fsp3) is 0.312. The van der Waals surface area contributed by atoms with Gasteiger partial charge in [0.2, 0.25) is 0 Å². The van der Waals surface area contributed by atoms with Crippen molar-refractivity contribution in [3.8, 4) is 0 Å². The number of hydrogen-bond acceptors (Lipinski definition) is 4. The van der Waals surface area contributed by atoms with Crippen molar-refractivity contribution in [2.45, 2.75) is 13.0 Å². The first-order chi connectivity index (χ1) is 11.0. The van der Waals surface area contributed by atoms with Gasteiger partial charge in [0, 0.05) is 32.6 Å². The van der Waals surface area contributed by atoms with Crippen LogP contribution in [0.15, 0.2) is 30.3 Å². The average Bonchev–Trinajstić information content (AvgIpc) is 2.51. The summed E-state index contributed by atoms with van der Waals surface area (Å²) in [7, 11) is 3.82. The number of rotatable bonds is 6. The second-order valence-corrected chi connectivity index (χ2v) is 5.30. The Hall–Kier alpha value is -2.83. The number of anilines is 1. The molecule has 1 heterocycles. The second-order valence-electron chi connectivity index (χ2n) is 5.30. The normalized spacial score (nSPS) is 10.3. The molecule has 23 heavy (non-hydrogen) atoms. The number of para-hydroxylation sites is 1. The van der Waals surface area contributed by atoms with E-state index in [4.69, 9.17) is 5.11 Å². The molecule has 0 bridgehead atoms. The third kappa shape index (κ3) is 4.57. The first-order valence-electron chi connectivity index (χ1n) is 7.27. The van der Waals surface area contributed by atoms with Crippen LogP contribution in [0.25, 0.3) is 10.9 Å². The lowest BCUT2D eigenvalue weighted by molar-refractivity contribution is -0.136. The first kappa shape index (κ1) is 16.5. The number of carboxylic acid groups (broad SMARTS) is 1. The molecule has 3 N–H and O–H groups in total. The van der Waals surface area contributed by atoms with Gasteiger partial charge < -0.3 is 20.6 Å². The topological polar surface area (TPSA) is 94.6 Å². The van der Waals surface area contributed by atoms with Crippen LogP contribution in [0.4, 0.5) is 10.6 Å². The number of amides is 2. The van der Waals surface area contributed by atoms with E-state index in [0.717, 1.165) is 22.3 Å². The van der Waals surface area contributed by atoms with Crippen LogP contribution in [0, 0.1) is 0 Å². The molecule has 2 rings (SSSR count). The van der Waals surface area contributed by atoms with Gasteiger partial charge in [-0.15, -0.1) is 0 Å². The van der Waals surface area contributed by atoms with Gasteiger partial charge in [-0.25, -0.2) is 9.78 Å². The van der Waals surface area contributed by atoms with E-state index in [-0.39, 0.29) is 13.0 Å². The van der Waals surface area contributed by atoms with Gasteiger partial charge >= 0.3 is 12.0 Å². The van der Waals surface area contributed by atoms with Crippen molar-refractivity contribution >= 4 is 28.7 Å². The number of nitrogens with zero attached hydrogens (tertiary/aromatic N) is 2. The van der Waals surface area contributed by atoms with Gasteiger partial charge in [-0.1, -0.05) is 18.2 Å². The molecule has 7 heteroatoms. The van der Waals surface area contributed by atoms with Crippen LogP contribution in [-0.2, 0) is 11.3 Å². The van der Waals surface area contributed by atoms with Gasteiger partial charge in [-0.2, -0.15) is 0 Å². The predicted octanol–water partition coefficient (Wildman–Crippen LogP) is 1.57. The smallest absolute Gasteiger partial charge is 0.315 e. The number of nitrogens with one attached hydrogen (secondary N) is 2. The molecule has 0 spiro atoms. The van der Waals surface area contributed by atoms with Crippen LogP contribution >= 0.6 is 0 Å². The van der Waals surface area contributed by atoms with E-state index >= 15 is 0 Å². The van der Waals surface area contributed by atoms with Crippen LogP contribution in [0.2, 0.25) is 0 Å². The molecular weight excluding hydrogens is 296 g/mol. The van der Waals surface area contributed by atoms with Crippen molar-refractivity contribution in [2.75, 3.05) is 25.5 Å². The molecule has 0 saturated carbocycles. The maximum absolute atomic E-state index is 11.7. The van der Waals surface area contributed by atoms with E-state index in [9.17, 15) is 9.59 Å². The molecule has 7 nitrogen and oxygen atoms in total. The summed E-state index contributed by atoms with van der Waals surface area (Å²) in [5.41, 5.74) is 1.81. The molecule has 2 amide bonds. The fourth-order valence-corrected chi connectivity index (χ4v) is 2.13. The number of carboxylic acids is 1. The lowest BCUT2D eigenvalue weighted by Gasteiger charge is -2.15. The Kier molecular flexibility index (Phi) is 5.35. The number of urea groups is 1. The molecule has 1 aromatic carbocycles. The molecule has 0 unspecified atom stereocenters. The molecule has 122 valence electrons. The summed E-state index contributed by atoms with van der Waals surface area (Å²) in [6.07, 6.45) is -0.101. The zero-order valence-electron chi connectivity index (χ0n) is 13.2. The number of fused-ring (bicyclic) bond motifs is 1. The summed E-state index contributed by atoms with van der Waals surface area (Å²) in [4.78, 5) is 28.6. The Bertz CT molecular complexity index is 716. The lowest BCUT2D eigenvalue weighted by Crippen LogP contribution is -2.36. The van der Waals surface area contributed by atoms with E-state index < -0.39 is 12.0 Å². The van der Waals surface area contributed by atoms with Gasteiger partial charge in [0.05, 0.1) is 11.9 Å². The third-order valence-electron chi connectivity index (χ3n) is 3.31. The molecule has 1 aromatic heterocycles. The van der Waals surface area contributed by atoms with E-state index in [1.54, 1.807) is 0 Å². The Balaban J connectivity index is 2.09. The highest BCUT2D eigenvalue weighted by Gasteiger charge is 2.08. The standard InChI is InChI=1S/C16H20N4O3/c1-20(2)14-9-11(12-5-3-4-6-13(12)19-14)10-18-16(23)17-8-7-15(21)22/h3-6,9H,7-8,10H2,1-2H3,(H,21,22)(H2,17,18,23). The van der Waals surface area contributed by atoms with E-state index in [1.165, 1.54) is 0 Å². The summed E-state index contributed by atoms with van der Waals surface area (Å²) >= 11 is 0. The molecule has 0 radical (unpaired) electrons. The zero-order chi connectivity index (χ0) is 16.8. The average molecular weight is 316 g/mol. The van der Waals surface area contributed by atoms with Crippen molar-refractivity contribution in [2.24, 2.45) is 0 Å². The number of benzene rings is 1. The van der Waals surface area contributed by atoms with E-state index in [1.807, 2.05) is 49.3 Å². The molecular formula is C16H20N4O3. The molecule has 0 aliphatic carbocycles. The van der Waals surface area contributed by atoms with Crippen molar-refractivity contribution in [1.29, 1.82) is 0 Å². The van der Waals surface area contributed by atoms with Crippen LogP contribution in [0.1, 0.15) is 12.0 Å². The van der Waals surface area contributed by atoms with E-state index in [0.29, 0.717) is 6.54 Å². The van der Waals surface area contributed by atoms with Crippen LogP contribution in [-0.4, -0.2) is 42.7 Å². The molecule has 0 aliphatic heterocycles. The van der Waals surface area contributed by atoms with Crippen LogP contribution in [0.3, 0.4) is 0 Å². The maximum atomic E-state index is 11.7. The summed E-state index contributed by atoms with van der Waals surface area (Å²) in [5, 5.41) is 14.8. The first-order valence-corrected chi connectivity index (χ1v) is 7.27. The minimum absolute atomic E-state index is 0.0984. The number of pyridine rings is 1. The van der Waals surface area contributed by atoms with E-state index in [2.05, 4.69) is 15.6 Å². The monoisotopic (exact) mass is 316 g/mol. The minimum Gasteiger partial charge on any atom is -0.481 e. The maximum Gasteiger partial charge on any atom is 0.315 e. The Morgan fingerprint density at radius 1 is 1.22 bits per heavy atom. The lowest BCUT2D eigenvalue weighted by atomic mass is 10.1. The Labute approximate surface area is 134 Å². The SMILES string of the molecule is CN(C)c1cc(CNC(=O)NCCC(=O)O)c2ccccc2n1. The number of carbonyl (C=O) groups is 2. The molecule has 0 saturated heterocycles. The highest BCUT2D eigenvalue weighted by molar-refractivity contribution is 5.84. The number of hydrogen-bond donors (Lipinski definition) is 3. The van der Waals surface area contributed by atoms with Crippen LogP contribution in [0.5, 0.6) is 0 Å². The number of aliphatic carboxylic acids is 1. The number of aromatic nitrogens is 1. The van der Waals surface area contributed by atoms with Gasteiger partial charge in [-0.3, -0.25) is 4.79 Å². The van der Waals surface area contributed by atoms with Gasteiger partial charge in [0.1, 0.15) is 5.82 Å². The van der Waals surface area contributed by atoms with Gasteiger partial charge in [0.15, 0.2) is 0 Å². The van der Waals surface area contributed by atoms with Crippen molar-refractivity contribution in [1.82, 2.24) is 15.6 Å². The molecule has 0 atom stereocenters. The molecule has 0 fully saturated rings. The zero-order valence-corrected chi connectivity index (χ0v) is 13.2. The van der Waals surface area contributed by atoms with Gasteiger partial charge in [0.25, 0.3) is 0 Å².